The average Bonchev–Trinajstić information content (AvgIpc) is 3.69. The molecular formula is C34H38N6O5. The summed E-state index contributed by atoms with van der Waals surface area (Å²) < 4.78 is 0. The zero-order chi connectivity index (χ0) is 31.9. The van der Waals surface area contributed by atoms with Crippen molar-refractivity contribution in [1.29, 1.82) is 0 Å². The van der Waals surface area contributed by atoms with E-state index in [0.29, 0.717) is 24.9 Å². The minimum atomic E-state index is -1.05. The van der Waals surface area contributed by atoms with Gasteiger partial charge in [-0.1, -0.05) is 60.7 Å². The van der Waals surface area contributed by atoms with Crippen LogP contribution in [-0.2, 0) is 32.0 Å². The first-order chi connectivity index (χ1) is 21.7. The topological polar surface area (TPSA) is 184 Å². The average molecular weight is 611 g/mol. The molecular weight excluding hydrogens is 572 g/mol. The van der Waals surface area contributed by atoms with E-state index in [-0.39, 0.29) is 30.9 Å². The molecule has 11 heteroatoms. The third kappa shape index (κ3) is 7.68. The molecule has 11 nitrogen and oxygen atoms in total. The predicted molar refractivity (Wildman–Crippen MR) is 170 cm³/mol. The molecule has 0 unspecified atom stereocenters. The number of carbonyl (C=O) groups is 4. The molecule has 3 aromatic carbocycles. The lowest BCUT2D eigenvalue weighted by molar-refractivity contribution is -0.140. The number of primary amides is 1. The van der Waals surface area contributed by atoms with Crippen LogP contribution < -0.4 is 22.1 Å². The van der Waals surface area contributed by atoms with Crippen molar-refractivity contribution in [3.8, 4) is 5.75 Å². The molecule has 1 aromatic heterocycles. The Morgan fingerprint density at radius 3 is 2.36 bits per heavy atom. The smallest absolute Gasteiger partial charge is 0.243 e. The highest BCUT2D eigenvalue weighted by Gasteiger charge is 2.37. The Kier molecular flexibility index (Phi) is 9.79. The van der Waals surface area contributed by atoms with Gasteiger partial charge in [0.1, 0.15) is 23.9 Å². The zero-order valence-corrected chi connectivity index (χ0v) is 24.8. The van der Waals surface area contributed by atoms with Gasteiger partial charge in [-0.25, -0.2) is 0 Å². The summed E-state index contributed by atoms with van der Waals surface area (Å²) in [6.45, 7) is 0.388. The number of phenols is 1. The molecule has 4 amide bonds. The minimum Gasteiger partial charge on any atom is -0.508 e. The van der Waals surface area contributed by atoms with Gasteiger partial charge in [-0.3, -0.25) is 19.2 Å². The third-order valence-electron chi connectivity index (χ3n) is 8.27. The number of fused-ring (bicyclic) bond motifs is 1. The number of hydrogen-bond donors (Lipinski definition) is 6. The van der Waals surface area contributed by atoms with E-state index in [4.69, 9.17) is 11.5 Å². The first kappa shape index (κ1) is 31.3. The number of nitrogens with zero attached hydrogens (tertiary/aromatic N) is 1. The summed E-state index contributed by atoms with van der Waals surface area (Å²) in [7, 11) is 0. The van der Waals surface area contributed by atoms with Crippen molar-refractivity contribution in [2.24, 2.45) is 11.5 Å². The zero-order valence-electron chi connectivity index (χ0n) is 24.8. The van der Waals surface area contributed by atoms with Gasteiger partial charge in [0.25, 0.3) is 0 Å². The Bertz CT molecular complexity index is 1650. The second-order valence-electron chi connectivity index (χ2n) is 11.4. The Morgan fingerprint density at radius 1 is 0.911 bits per heavy atom. The number of H-pyrrole nitrogens is 1. The van der Waals surface area contributed by atoms with Crippen LogP contribution in [0.2, 0.25) is 0 Å². The van der Waals surface area contributed by atoms with E-state index >= 15 is 0 Å². The van der Waals surface area contributed by atoms with Crippen LogP contribution in [0.4, 0.5) is 0 Å². The number of para-hydroxylation sites is 1. The number of hydrogen-bond acceptors (Lipinski definition) is 6. The van der Waals surface area contributed by atoms with Gasteiger partial charge in [0.05, 0.1) is 0 Å². The van der Waals surface area contributed by atoms with E-state index in [1.54, 1.807) is 18.3 Å². The fourth-order valence-electron chi connectivity index (χ4n) is 5.83. The maximum absolute atomic E-state index is 13.7. The highest BCUT2D eigenvalue weighted by Crippen LogP contribution is 2.24. The van der Waals surface area contributed by atoms with Crippen LogP contribution in [-0.4, -0.2) is 63.3 Å². The number of rotatable bonds is 12. The third-order valence-corrected chi connectivity index (χ3v) is 8.27. The summed E-state index contributed by atoms with van der Waals surface area (Å²) in [6, 6.07) is 19.7. The van der Waals surface area contributed by atoms with Crippen LogP contribution in [0.15, 0.2) is 85.1 Å². The molecule has 234 valence electrons. The monoisotopic (exact) mass is 610 g/mol. The second-order valence-corrected chi connectivity index (χ2v) is 11.4. The molecule has 1 fully saturated rings. The predicted octanol–water partition coefficient (Wildman–Crippen LogP) is 2.19. The summed E-state index contributed by atoms with van der Waals surface area (Å²) >= 11 is 0. The number of nitrogens with two attached hydrogens (primary N) is 2. The van der Waals surface area contributed by atoms with Gasteiger partial charge in [-0.05, 0) is 47.7 Å². The molecule has 0 saturated carbocycles. The molecule has 1 saturated heterocycles. The lowest BCUT2D eigenvalue weighted by Gasteiger charge is -2.28. The number of aromatic amines is 1. The van der Waals surface area contributed by atoms with Crippen molar-refractivity contribution in [3.63, 3.8) is 0 Å². The molecule has 5 rings (SSSR count). The summed E-state index contributed by atoms with van der Waals surface area (Å²) in [5.74, 6) is -1.89. The van der Waals surface area contributed by atoms with Gasteiger partial charge in [0.15, 0.2) is 0 Å². The fourth-order valence-corrected chi connectivity index (χ4v) is 5.83. The van der Waals surface area contributed by atoms with Crippen LogP contribution in [0.5, 0.6) is 5.75 Å². The number of amides is 4. The molecule has 1 aliphatic heterocycles. The molecule has 0 radical (unpaired) electrons. The Morgan fingerprint density at radius 2 is 1.62 bits per heavy atom. The molecule has 1 aliphatic rings. The number of likely N-dealkylation sites (tertiary alicyclic amines) is 1. The standard InChI is InChI=1S/C34H38N6O5/c35-26(22-12-14-24(41)15-13-22)19-31(42)40-16-6-11-30(40)34(45)39-29(18-23-20-37-27-10-5-4-9-25(23)27)33(44)38-28(32(36)43)17-21-7-2-1-3-8-21/h1-5,7-10,12-15,20,26,28-30,37,41H,6,11,16-19,35H2,(H2,36,43)(H,38,44)(H,39,45)/t26-,28+,29+,30+/m1/s1. The van der Waals surface area contributed by atoms with Crippen LogP contribution in [0.25, 0.3) is 10.9 Å². The van der Waals surface area contributed by atoms with Crippen molar-refractivity contribution in [2.75, 3.05) is 6.54 Å². The van der Waals surface area contributed by atoms with Gasteiger partial charge in [-0.15, -0.1) is 0 Å². The molecule has 0 bridgehead atoms. The van der Waals surface area contributed by atoms with E-state index < -0.39 is 41.9 Å². The molecule has 8 N–H and O–H groups in total. The Labute approximate surface area is 261 Å². The highest BCUT2D eigenvalue weighted by atomic mass is 16.3. The maximum Gasteiger partial charge on any atom is 0.243 e. The summed E-state index contributed by atoms with van der Waals surface area (Å²) in [5.41, 5.74) is 15.2. The van der Waals surface area contributed by atoms with Crippen molar-refractivity contribution < 1.29 is 24.3 Å². The van der Waals surface area contributed by atoms with Gasteiger partial charge in [0, 0.05) is 48.9 Å². The first-order valence-electron chi connectivity index (χ1n) is 15.0. The Hall–Kier alpha value is -5.16. The van der Waals surface area contributed by atoms with Crippen molar-refractivity contribution in [1.82, 2.24) is 20.5 Å². The maximum atomic E-state index is 13.7. The van der Waals surface area contributed by atoms with Crippen LogP contribution >= 0.6 is 0 Å². The van der Waals surface area contributed by atoms with Crippen molar-refractivity contribution >= 4 is 34.5 Å². The summed E-state index contributed by atoms with van der Waals surface area (Å²) in [6.07, 6.45) is 3.17. The summed E-state index contributed by atoms with van der Waals surface area (Å²) in [4.78, 5) is 57.8. The number of aromatic nitrogens is 1. The van der Waals surface area contributed by atoms with Gasteiger partial charge in [-0.2, -0.15) is 0 Å². The largest absolute Gasteiger partial charge is 0.508 e. The van der Waals surface area contributed by atoms with Crippen LogP contribution in [0, 0.1) is 0 Å². The number of phenolic OH excluding ortho intramolecular Hbond substituents is 1. The van der Waals surface area contributed by atoms with E-state index in [9.17, 15) is 24.3 Å². The molecule has 45 heavy (non-hydrogen) atoms. The van der Waals surface area contributed by atoms with E-state index in [1.807, 2.05) is 54.6 Å². The number of nitrogens with one attached hydrogen (secondary N) is 3. The quantitative estimate of drug-likeness (QED) is 0.143. The lowest BCUT2D eigenvalue weighted by atomic mass is 10.0. The van der Waals surface area contributed by atoms with E-state index in [2.05, 4.69) is 15.6 Å². The molecule has 2 heterocycles. The van der Waals surface area contributed by atoms with Gasteiger partial charge >= 0.3 is 0 Å². The van der Waals surface area contributed by atoms with E-state index in [1.165, 1.54) is 17.0 Å². The first-order valence-corrected chi connectivity index (χ1v) is 15.0. The normalized spacial score (nSPS) is 16.6. The number of benzene rings is 3. The molecule has 4 aromatic rings. The highest BCUT2D eigenvalue weighted by molar-refractivity contribution is 5.95. The second kappa shape index (κ2) is 14.1. The van der Waals surface area contributed by atoms with E-state index in [0.717, 1.165) is 22.0 Å². The summed E-state index contributed by atoms with van der Waals surface area (Å²) in [5, 5.41) is 16.1. The van der Waals surface area contributed by atoms with Crippen LogP contribution in [0.1, 0.15) is 42.0 Å². The SMILES string of the molecule is NC(=O)[C@H](Cc1ccccc1)NC(=O)[C@H](Cc1c[nH]c2ccccc12)NC(=O)[C@@H]1CCCN1C(=O)C[C@@H](N)c1ccc(O)cc1. The number of aromatic hydroxyl groups is 1. The minimum absolute atomic E-state index is 0.0203. The molecule has 4 atom stereocenters. The molecule has 0 aliphatic carbocycles. The van der Waals surface area contributed by atoms with Crippen molar-refractivity contribution in [2.45, 2.75) is 56.3 Å². The van der Waals surface area contributed by atoms with Gasteiger partial charge < -0.3 is 37.1 Å². The van der Waals surface area contributed by atoms with Crippen molar-refractivity contribution in [3.05, 3.63) is 102 Å². The Balaban J connectivity index is 1.32. The van der Waals surface area contributed by atoms with Gasteiger partial charge in [0.2, 0.25) is 23.6 Å². The molecule has 0 spiro atoms. The number of carbonyl (C=O) groups excluding carboxylic acids is 4. The van der Waals surface area contributed by atoms with Crippen LogP contribution in [0.3, 0.4) is 0 Å². The lowest BCUT2D eigenvalue weighted by Crippen LogP contribution is -2.57. The fraction of sp³-hybridized carbons (Fsp3) is 0.294.